The van der Waals surface area contributed by atoms with Crippen molar-refractivity contribution in [3.63, 3.8) is 0 Å². The zero-order valence-electron chi connectivity index (χ0n) is 14.4. The van der Waals surface area contributed by atoms with Gasteiger partial charge in [0.25, 0.3) is 0 Å². The van der Waals surface area contributed by atoms with Crippen LogP contribution in [0.4, 0.5) is 8.78 Å². The lowest BCUT2D eigenvalue weighted by Gasteiger charge is -2.14. The Morgan fingerprint density at radius 1 is 1.20 bits per heavy atom. The van der Waals surface area contributed by atoms with Crippen LogP contribution in [0.1, 0.15) is 51.0 Å². The number of carboxylic acids is 1. The van der Waals surface area contributed by atoms with Gasteiger partial charge in [0.2, 0.25) is 5.91 Å². The van der Waals surface area contributed by atoms with Gasteiger partial charge in [-0.2, -0.15) is 0 Å². The molecule has 0 aliphatic rings. The number of carboxylic acid groups (broad SMARTS) is 1. The number of hydrogen-bond acceptors (Lipinski definition) is 3. The second-order valence-corrected chi connectivity index (χ2v) is 6.25. The molecule has 1 aromatic rings. The van der Waals surface area contributed by atoms with Crippen molar-refractivity contribution in [3.05, 3.63) is 29.3 Å². The van der Waals surface area contributed by atoms with E-state index in [-0.39, 0.29) is 36.7 Å². The van der Waals surface area contributed by atoms with Gasteiger partial charge < -0.3 is 15.6 Å². The first kappa shape index (κ1) is 20.9. The highest BCUT2D eigenvalue weighted by Gasteiger charge is 2.14. The largest absolute Gasteiger partial charge is 0.490 e. The molecule has 1 amide bonds. The van der Waals surface area contributed by atoms with E-state index in [0.29, 0.717) is 32.1 Å². The molecule has 0 aliphatic carbocycles. The molecule has 0 saturated carbocycles. The molecule has 0 spiro atoms. The third kappa shape index (κ3) is 8.47. The molecular formula is C18H25F2NO4. The lowest BCUT2D eigenvalue weighted by Crippen LogP contribution is -2.15. The molecule has 7 heteroatoms. The molecule has 1 aromatic carbocycles. The van der Waals surface area contributed by atoms with Gasteiger partial charge in [0.15, 0.2) is 11.6 Å². The molecule has 0 unspecified atom stereocenters. The third-order valence-electron chi connectivity index (χ3n) is 3.82. The highest BCUT2D eigenvalue weighted by molar-refractivity contribution is 5.73. The molecule has 5 nitrogen and oxygen atoms in total. The van der Waals surface area contributed by atoms with Crippen LogP contribution in [0.3, 0.4) is 0 Å². The molecule has 0 saturated heterocycles. The Kier molecular flexibility index (Phi) is 8.88. The van der Waals surface area contributed by atoms with E-state index in [0.717, 1.165) is 12.1 Å². The lowest BCUT2D eigenvalue weighted by molar-refractivity contribution is -0.137. The molecule has 1 atom stereocenters. The predicted octanol–water partition coefficient (Wildman–Crippen LogP) is 3.43. The standard InChI is InChI=1S/C18H25F2NO4/c1-12(7-8-16(21)22)11-25-15-10-14(19)9-13(18(15)20)5-3-2-4-6-17(23)24/h9-10,12H,2-8,11H2,1H3,(H2,21,22)(H,23,24)/t12-/m0/s1. The topological polar surface area (TPSA) is 89.6 Å². The van der Waals surface area contributed by atoms with Crippen molar-refractivity contribution in [1.82, 2.24) is 0 Å². The number of primary amides is 1. The van der Waals surface area contributed by atoms with E-state index in [9.17, 15) is 18.4 Å². The summed E-state index contributed by atoms with van der Waals surface area (Å²) < 4.78 is 33.4. The third-order valence-corrected chi connectivity index (χ3v) is 3.82. The molecule has 0 radical (unpaired) electrons. The number of aliphatic carboxylic acids is 1. The summed E-state index contributed by atoms with van der Waals surface area (Å²) >= 11 is 0. The normalized spacial score (nSPS) is 12.0. The van der Waals surface area contributed by atoms with Gasteiger partial charge >= 0.3 is 5.97 Å². The molecule has 0 bridgehead atoms. The second kappa shape index (κ2) is 10.6. The van der Waals surface area contributed by atoms with E-state index in [4.69, 9.17) is 15.6 Å². The maximum atomic E-state index is 14.4. The van der Waals surface area contributed by atoms with E-state index < -0.39 is 23.5 Å². The molecule has 0 heterocycles. The number of ether oxygens (including phenoxy) is 1. The minimum absolute atomic E-state index is 0.0189. The van der Waals surface area contributed by atoms with Gasteiger partial charge in [0.05, 0.1) is 6.61 Å². The van der Waals surface area contributed by atoms with E-state index in [1.54, 1.807) is 0 Å². The molecule has 3 N–H and O–H groups in total. The summed E-state index contributed by atoms with van der Waals surface area (Å²) in [5.74, 6) is -2.61. The number of carbonyl (C=O) groups is 2. The highest BCUT2D eigenvalue weighted by Crippen LogP contribution is 2.25. The summed E-state index contributed by atoms with van der Waals surface area (Å²) in [6.07, 6.45) is 2.83. The number of nitrogens with two attached hydrogens (primary N) is 1. The van der Waals surface area contributed by atoms with E-state index >= 15 is 0 Å². The predicted molar refractivity (Wildman–Crippen MR) is 89.3 cm³/mol. The van der Waals surface area contributed by atoms with Crippen molar-refractivity contribution in [3.8, 4) is 5.75 Å². The summed E-state index contributed by atoms with van der Waals surface area (Å²) in [7, 11) is 0. The number of benzene rings is 1. The fraction of sp³-hybridized carbons (Fsp3) is 0.556. The molecule has 140 valence electrons. The minimum Gasteiger partial charge on any atom is -0.490 e. The Morgan fingerprint density at radius 2 is 1.92 bits per heavy atom. The average Bonchev–Trinajstić information content (AvgIpc) is 2.53. The number of unbranched alkanes of at least 4 members (excludes halogenated alkanes) is 2. The maximum Gasteiger partial charge on any atom is 0.303 e. The number of rotatable bonds is 12. The van der Waals surface area contributed by atoms with Crippen LogP contribution in [0, 0.1) is 17.6 Å². The maximum absolute atomic E-state index is 14.4. The first-order valence-electron chi connectivity index (χ1n) is 8.40. The number of amides is 1. The van der Waals surface area contributed by atoms with Crippen molar-refractivity contribution in [2.24, 2.45) is 11.7 Å². The van der Waals surface area contributed by atoms with Crippen LogP contribution >= 0.6 is 0 Å². The van der Waals surface area contributed by atoms with Crippen LogP contribution in [-0.4, -0.2) is 23.6 Å². The molecule has 0 fully saturated rings. The first-order valence-corrected chi connectivity index (χ1v) is 8.40. The molecule has 1 rings (SSSR count). The van der Waals surface area contributed by atoms with Crippen LogP contribution in [0.15, 0.2) is 12.1 Å². The zero-order valence-corrected chi connectivity index (χ0v) is 14.4. The Hall–Kier alpha value is -2.18. The fourth-order valence-electron chi connectivity index (χ4n) is 2.38. The average molecular weight is 357 g/mol. The number of halogens is 2. The molecule has 0 aliphatic heterocycles. The van der Waals surface area contributed by atoms with E-state index in [1.165, 1.54) is 0 Å². The number of carbonyl (C=O) groups excluding carboxylic acids is 1. The summed E-state index contributed by atoms with van der Waals surface area (Å²) in [6.45, 7) is 2.00. The van der Waals surface area contributed by atoms with Crippen molar-refractivity contribution in [2.45, 2.75) is 51.9 Å². The summed E-state index contributed by atoms with van der Waals surface area (Å²) in [5.41, 5.74) is 5.29. The quantitative estimate of drug-likeness (QED) is 0.561. The summed E-state index contributed by atoms with van der Waals surface area (Å²) in [6, 6.07) is 2.14. The van der Waals surface area contributed by atoms with Gasteiger partial charge in [-0.3, -0.25) is 9.59 Å². The zero-order chi connectivity index (χ0) is 18.8. The minimum atomic E-state index is -0.863. The van der Waals surface area contributed by atoms with Crippen molar-refractivity contribution < 1.29 is 28.2 Å². The molecule has 0 aromatic heterocycles. The second-order valence-electron chi connectivity index (χ2n) is 6.25. The Labute approximate surface area is 146 Å². The van der Waals surface area contributed by atoms with E-state index in [2.05, 4.69) is 0 Å². The van der Waals surface area contributed by atoms with Crippen LogP contribution < -0.4 is 10.5 Å². The summed E-state index contributed by atoms with van der Waals surface area (Å²) in [5, 5.41) is 8.57. The molecular weight excluding hydrogens is 332 g/mol. The Balaban J connectivity index is 2.56. The van der Waals surface area contributed by atoms with Crippen LogP contribution in [0.5, 0.6) is 5.75 Å². The lowest BCUT2D eigenvalue weighted by atomic mass is 10.0. The van der Waals surface area contributed by atoms with Crippen molar-refractivity contribution >= 4 is 11.9 Å². The fourth-order valence-corrected chi connectivity index (χ4v) is 2.38. The van der Waals surface area contributed by atoms with Gasteiger partial charge in [-0.05, 0) is 43.2 Å². The number of hydrogen-bond donors (Lipinski definition) is 2. The SMILES string of the molecule is C[C@@H](CCC(N)=O)COc1cc(F)cc(CCCCCC(=O)O)c1F. The first-order chi connectivity index (χ1) is 11.8. The van der Waals surface area contributed by atoms with Crippen molar-refractivity contribution in [2.75, 3.05) is 6.61 Å². The van der Waals surface area contributed by atoms with Gasteiger partial charge in [-0.15, -0.1) is 0 Å². The van der Waals surface area contributed by atoms with Crippen molar-refractivity contribution in [1.29, 1.82) is 0 Å². The summed E-state index contributed by atoms with van der Waals surface area (Å²) in [4.78, 5) is 21.2. The van der Waals surface area contributed by atoms with Gasteiger partial charge in [-0.25, -0.2) is 8.78 Å². The Morgan fingerprint density at radius 3 is 2.56 bits per heavy atom. The smallest absolute Gasteiger partial charge is 0.303 e. The van der Waals surface area contributed by atoms with Gasteiger partial charge in [0.1, 0.15) is 5.82 Å². The monoisotopic (exact) mass is 357 g/mol. The van der Waals surface area contributed by atoms with Gasteiger partial charge in [0, 0.05) is 18.9 Å². The van der Waals surface area contributed by atoms with Gasteiger partial charge in [-0.1, -0.05) is 13.3 Å². The van der Waals surface area contributed by atoms with Crippen LogP contribution in [0.2, 0.25) is 0 Å². The Bertz CT molecular complexity index is 593. The highest BCUT2D eigenvalue weighted by atomic mass is 19.1. The van der Waals surface area contributed by atoms with Crippen LogP contribution in [0.25, 0.3) is 0 Å². The molecule has 25 heavy (non-hydrogen) atoms. The van der Waals surface area contributed by atoms with E-state index in [1.807, 2.05) is 6.92 Å². The van der Waals surface area contributed by atoms with Crippen LogP contribution in [-0.2, 0) is 16.0 Å². The number of aryl methyl sites for hydroxylation is 1.